The topological polar surface area (TPSA) is 274 Å². The molecule has 0 radical (unpaired) electrons. The SMILES string of the molecule is CCCCCC(=O)N[C@@H](c1ccccc1)[C@@H](O)C(=O)O[C@H]1C[C@@]2(O)C(OC(=O)c3ccccc3)C3[C@]4(OC(C)=O)COC4C[C@H](O[C@@H]4OC[C@@H](O)[C@H](O)[C@H]4O)[C@@]3(C)C(=O)[C@H](O)C(=C1C)C2(C)C. The van der Waals surface area contributed by atoms with Crippen molar-refractivity contribution in [1.82, 2.24) is 5.32 Å². The number of carbonyl (C=O) groups excluding carboxylic acids is 5. The highest BCUT2D eigenvalue weighted by molar-refractivity contribution is 5.94. The number of nitrogens with one attached hydrogen (secondary N) is 1. The van der Waals surface area contributed by atoms with Crippen molar-refractivity contribution < 1.29 is 83.0 Å². The van der Waals surface area contributed by atoms with Gasteiger partial charge in [-0.15, -0.1) is 0 Å². The van der Waals surface area contributed by atoms with Crippen LogP contribution in [0.25, 0.3) is 0 Å². The first-order valence-electron chi connectivity index (χ1n) is 22.9. The quantitative estimate of drug-likeness (QED) is 0.0617. The Labute approximate surface area is 388 Å². The van der Waals surface area contributed by atoms with Gasteiger partial charge in [-0.25, -0.2) is 9.59 Å². The summed E-state index contributed by atoms with van der Waals surface area (Å²) in [7, 11) is 0. The van der Waals surface area contributed by atoms with Crippen LogP contribution in [-0.2, 0) is 47.6 Å². The molecule has 2 bridgehead atoms. The molecule has 2 heterocycles. The minimum absolute atomic E-state index is 0.0365. The van der Waals surface area contributed by atoms with E-state index >= 15 is 4.79 Å². The highest BCUT2D eigenvalue weighted by Crippen LogP contribution is 2.65. The molecule has 7 rings (SSSR count). The van der Waals surface area contributed by atoms with E-state index in [0.717, 1.165) is 19.8 Å². The van der Waals surface area contributed by atoms with Gasteiger partial charge in [0.25, 0.3) is 0 Å². The normalized spacial score (nSPS) is 36.4. The van der Waals surface area contributed by atoms with Gasteiger partial charge in [0.1, 0.15) is 48.3 Å². The van der Waals surface area contributed by atoms with Crippen LogP contribution in [0.15, 0.2) is 71.8 Å². The minimum Gasteiger partial charge on any atom is -0.456 e. The number of aliphatic hydroxyl groups is 6. The number of benzene rings is 2. The second-order valence-electron chi connectivity index (χ2n) is 19.3. The number of hydrogen-bond donors (Lipinski definition) is 7. The molecule has 67 heavy (non-hydrogen) atoms. The Morgan fingerprint density at radius 2 is 1.57 bits per heavy atom. The van der Waals surface area contributed by atoms with Gasteiger partial charge in [0.05, 0.1) is 42.3 Å². The number of carbonyl (C=O) groups is 5. The first-order valence-corrected chi connectivity index (χ1v) is 22.9. The molecule has 15 atom stereocenters. The van der Waals surface area contributed by atoms with Gasteiger partial charge < -0.3 is 64.4 Å². The van der Waals surface area contributed by atoms with E-state index < -0.39 is 138 Å². The second-order valence-corrected chi connectivity index (χ2v) is 19.3. The van der Waals surface area contributed by atoms with Crippen LogP contribution in [0, 0.1) is 16.7 Å². The highest BCUT2D eigenvalue weighted by atomic mass is 16.7. The Bertz CT molecular complexity index is 2200. The molecule has 0 aromatic heterocycles. The molecule has 5 aliphatic rings. The van der Waals surface area contributed by atoms with Gasteiger partial charge in [-0.2, -0.15) is 0 Å². The zero-order valence-electron chi connectivity index (χ0n) is 38.5. The van der Waals surface area contributed by atoms with Crippen molar-refractivity contribution in [2.45, 2.75) is 159 Å². The summed E-state index contributed by atoms with van der Waals surface area (Å²) in [5.41, 5.74) is -7.69. The summed E-state index contributed by atoms with van der Waals surface area (Å²) in [5, 5.41) is 72.8. The number of Topliss-reactive ketones (excluding diaryl/α,β-unsaturated/α-hetero) is 1. The number of ketones is 1. The molecule has 1 amide bonds. The lowest BCUT2D eigenvalue weighted by atomic mass is 9.44. The molecular weight excluding hydrogens is 875 g/mol. The van der Waals surface area contributed by atoms with Crippen molar-refractivity contribution in [3.05, 3.63) is 82.9 Å². The minimum atomic E-state index is -2.45. The van der Waals surface area contributed by atoms with E-state index in [-0.39, 0.29) is 36.2 Å². The van der Waals surface area contributed by atoms with Crippen LogP contribution in [0.4, 0.5) is 0 Å². The Morgan fingerprint density at radius 1 is 0.910 bits per heavy atom. The molecule has 18 nitrogen and oxygen atoms in total. The van der Waals surface area contributed by atoms with E-state index in [1.165, 1.54) is 39.8 Å². The molecular formula is C49H63NO17. The first-order chi connectivity index (χ1) is 31.6. The van der Waals surface area contributed by atoms with Gasteiger partial charge in [0.15, 0.2) is 23.8 Å². The maximum Gasteiger partial charge on any atom is 0.338 e. The third-order valence-electron chi connectivity index (χ3n) is 14.9. The lowest BCUT2D eigenvalue weighted by Crippen LogP contribution is -2.82. The fourth-order valence-corrected chi connectivity index (χ4v) is 11.1. The maximum atomic E-state index is 15.7. The standard InChI is InChI=1S/C49H63NO17/c1-7-8-11-20-33(53)50-35(27-16-12-9-13-17-27)38(56)44(60)64-30-22-49(61)42(66-43(59)28-18-14-10-15-19-28)40-47(6,41(58)37(55)34(25(30)2)46(49,4)5)31(21-32-48(40,24-63-32)67-26(3)51)65-45-39(57)36(54)29(52)23-62-45/h9-10,12-19,29-32,35-40,42,45,52,54-57,61H,7-8,11,20-24H2,1-6H3,(H,50,53)/t29-,30+,31+,32?,35+,36+,37-,38-,39-,40?,42?,45+,47-,48+,49-/m1/s1. The molecule has 18 heteroatoms. The van der Waals surface area contributed by atoms with Crippen molar-refractivity contribution in [3.8, 4) is 0 Å². The monoisotopic (exact) mass is 937 g/mol. The Balaban J connectivity index is 1.37. The molecule has 2 aromatic carbocycles. The number of amides is 1. The van der Waals surface area contributed by atoms with Crippen LogP contribution in [0.1, 0.15) is 102 Å². The zero-order chi connectivity index (χ0) is 48.8. The van der Waals surface area contributed by atoms with Crippen LogP contribution in [0.3, 0.4) is 0 Å². The van der Waals surface area contributed by atoms with E-state index in [2.05, 4.69) is 5.32 Å². The average Bonchev–Trinajstić information content (AvgIpc) is 3.29. The van der Waals surface area contributed by atoms with Crippen molar-refractivity contribution in [2.24, 2.45) is 16.7 Å². The third kappa shape index (κ3) is 8.85. The van der Waals surface area contributed by atoms with Gasteiger partial charge in [-0.3, -0.25) is 14.4 Å². The predicted octanol–water partition coefficient (Wildman–Crippen LogP) is 1.89. The Hall–Kier alpha value is -4.63. The van der Waals surface area contributed by atoms with E-state index in [1.54, 1.807) is 48.5 Å². The number of rotatable bonds is 14. The van der Waals surface area contributed by atoms with E-state index in [0.29, 0.717) is 12.0 Å². The molecule has 366 valence electrons. The van der Waals surface area contributed by atoms with Crippen LogP contribution in [-0.4, -0.2) is 146 Å². The molecule has 2 saturated carbocycles. The fraction of sp³-hybridized carbons (Fsp3) is 0.612. The number of aliphatic hydroxyl groups excluding tert-OH is 5. The number of esters is 3. The van der Waals surface area contributed by atoms with Gasteiger partial charge in [-0.1, -0.05) is 82.1 Å². The third-order valence-corrected chi connectivity index (χ3v) is 14.9. The van der Waals surface area contributed by atoms with Crippen LogP contribution >= 0.6 is 0 Å². The van der Waals surface area contributed by atoms with Crippen LogP contribution < -0.4 is 5.32 Å². The summed E-state index contributed by atoms with van der Waals surface area (Å²) < 4.78 is 36.7. The Kier molecular flexibility index (Phi) is 14.6. The molecule has 2 aliphatic heterocycles. The summed E-state index contributed by atoms with van der Waals surface area (Å²) in [6, 6.07) is 14.8. The number of unbranched alkanes of at least 4 members (excludes halogenated alkanes) is 2. The van der Waals surface area contributed by atoms with Crippen molar-refractivity contribution in [3.63, 3.8) is 0 Å². The van der Waals surface area contributed by atoms with Crippen molar-refractivity contribution in [1.29, 1.82) is 0 Å². The largest absolute Gasteiger partial charge is 0.456 e. The van der Waals surface area contributed by atoms with Gasteiger partial charge in [-0.05, 0) is 49.1 Å². The van der Waals surface area contributed by atoms with Gasteiger partial charge in [0.2, 0.25) is 5.91 Å². The average molecular weight is 938 g/mol. The van der Waals surface area contributed by atoms with E-state index in [4.69, 9.17) is 28.4 Å². The van der Waals surface area contributed by atoms with Crippen molar-refractivity contribution in [2.75, 3.05) is 13.2 Å². The highest BCUT2D eigenvalue weighted by Gasteiger charge is 2.78. The number of hydrogen-bond acceptors (Lipinski definition) is 17. The number of fused-ring (bicyclic) bond motifs is 5. The lowest BCUT2D eigenvalue weighted by Gasteiger charge is -2.68. The molecule has 3 aliphatic carbocycles. The van der Waals surface area contributed by atoms with Crippen LogP contribution in [0.5, 0.6) is 0 Å². The summed E-state index contributed by atoms with van der Waals surface area (Å²) in [5.74, 6) is -6.02. The number of ether oxygens (including phenoxy) is 6. The Morgan fingerprint density at radius 3 is 2.18 bits per heavy atom. The molecule has 7 N–H and O–H groups in total. The molecule has 0 spiro atoms. The molecule has 2 aromatic rings. The van der Waals surface area contributed by atoms with Crippen LogP contribution in [0.2, 0.25) is 0 Å². The smallest absolute Gasteiger partial charge is 0.338 e. The second kappa shape index (κ2) is 19.4. The summed E-state index contributed by atoms with van der Waals surface area (Å²) >= 11 is 0. The molecule has 3 unspecified atom stereocenters. The lowest BCUT2D eigenvalue weighted by molar-refractivity contribution is -0.366. The van der Waals surface area contributed by atoms with Gasteiger partial charge in [0, 0.05) is 31.6 Å². The van der Waals surface area contributed by atoms with E-state index in [9.17, 15) is 49.8 Å². The summed E-state index contributed by atoms with van der Waals surface area (Å²) in [6.07, 6.45) is -15.2. The summed E-state index contributed by atoms with van der Waals surface area (Å²) in [4.78, 5) is 70.8. The predicted molar refractivity (Wildman–Crippen MR) is 233 cm³/mol. The molecule has 2 saturated heterocycles. The maximum absolute atomic E-state index is 15.7. The van der Waals surface area contributed by atoms with Crippen molar-refractivity contribution >= 4 is 29.6 Å². The van der Waals surface area contributed by atoms with Gasteiger partial charge >= 0.3 is 17.9 Å². The zero-order valence-corrected chi connectivity index (χ0v) is 38.5. The summed E-state index contributed by atoms with van der Waals surface area (Å²) in [6.45, 7) is 8.25. The fourth-order valence-electron chi connectivity index (χ4n) is 11.1. The molecule has 4 fully saturated rings. The van der Waals surface area contributed by atoms with E-state index in [1.807, 2.05) is 6.92 Å². The first kappa shape index (κ1) is 50.3.